The Balaban J connectivity index is 1.41. The molecule has 3 rings (SSSR count). The number of hydrogen-bond donors (Lipinski definition) is 1. The van der Waals surface area contributed by atoms with E-state index in [1.807, 2.05) is 6.92 Å². The van der Waals surface area contributed by atoms with Crippen LogP contribution in [0.1, 0.15) is 48.2 Å². The first kappa shape index (κ1) is 20.7. The van der Waals surface area contributed by atoms with Crippen molar-refractivity contribution in [3.8, 4) is 10.6 Å². The summed E-state index contributed by atoms with van der Waals surface area (Å²) in [7, 11) is 0. The lowest BCUT2D eigenvalue weighted by atomic mass is 9.86. The number of nitrogens with zero attached hydrogens (tertiary/aromatic N) is 1. The number of hydrogen-bond acceptors (Lipinski definition) is 4. The van der Waals surface area contributed by atoms with Gasteiger partial charge in [0.15, 0.2) is 0 Å². The van der Waals surface area contributed by atoms with Crippen LogP contribution >= 0.6 is 22.7 Å². The van der Waals surface area contributed by atoms with Gasteiger partial charge in [-0.15, -0.1) is 22.7 Å². The molecular formula is C23H28N2OS2. The predicted molar refractivity (Wildman–Crippen MR) is 120 cm³/mol. The maximum atomic E-state index is 12.1. The van der Waals surface area contributed by atoms with E-state index in [0.29, 0.717) is 13.0 Å². The van der Waals surface area contributed by atoms with E-state index in [9.17, 15) is 4.79 Å². The maximum absolute atomic E-state index is 12.1. The van der Waals surface area contributed by atoms with Crippen LogP contribution in [0.25, 0.3) is 10.6 Å². The standard InChI is InChI=1S/C23H28N2OS2/c1-16-25-20(15-27-16)21-11-10-19(28-21)13-14-24-22(26)12-7-17-5-8-18(9-6-17)23(2,3)4/h5-6,8-11,15H,7,12-14H2,1-4H3,(H,24,26). The van der Waals surface area contributed by atoms with Gasteiger partial charge in [0.2, 0.25) is 5.91 Å². The molecule has 0 fully saturated rings. The van der Waals surface area contributed by atoms with E-state index in [4.69, 9.17) is 0 Å². The van der Waals surface area contributed by atoms with Gasteiger partial charge in [-0.3, -0.25) is 4.79 Å². The smallest absolute Gasteiger partial charge is 0.220 e. The molecule has 3 nitrogen and oxygen atoms in total. The monoisotopic (exact) mass is 412 g/mol. The van der Waals surface area contributed by atoms with E-state index >= 15 is 0 Å². The van der Waals surface area contributed by atoms with E-state index in [-0.39, 0.29) is 11.3 Å². The highest BCUT2D eigenvalue weighted by molar-refractivity contribution is 7.16. The van der Waals surface area contributed by atoms with Gasteiger partial charge >= 0.3 is 0 Å². The highest BCUT2D eigenvalue weighted by Gasteiger charge is 2.13. The van der Waals surface area contributed by atoms with Gasteiger partial charge in [0.1, 0.15) is 0 Å². The van der Waals surface area contributed by atoms with Gasteiger partial charge in [-0.05, 0) is 48.4 Å². The molecule has 0 saturated carbocycles. The second-order valence-corrected chi connectivity index (χ2v) is 10.3. The molecule has 0 aliphatic heterocycles. The molecule has 0 bridgehead atoms. The maximum Gasteiger partial charge on any atom is 0.220 e. The van der Waals surface area contributed by atoms with Crippen LogP contribution in [0.3, 0.4) is 0 Å². The largest absolute Gasteiger partial charge is 0.356 e. The summed E-state index contributed by atoms with van der Waals surface area (Å²) in [5.41, 5.74) is 3.75. The number of nitrogens with one attached hydrogen (secondary N) is 1. The van der Waals surface area contributed by atoms with Crippen LogP contribution < -0.4 is 5.32 Å². The minimum atomic E-state index is 0.117. The first-order valence-corrected chi connectivity index (χ1v) is 11.4. The average Bonchev–Trinajstić information content (AvgIpc) is 3.28. The number of amides is 1. The van der Waals surface area contributed by atoms with Crippen molar-refractivity contribution >= 4 is 28.6 Å². The molecular weight excluding hydrogens is 384 g/mol. The summed E-state index contributed by atoms with van der Waals surface area (Å²) in [6, 6.07) is 12.9. The van der Waals surface area contributed by atoms with E-state index in [2.05, 4.69) is 72.9 Å². The van der Waals surface area contributed by atoms with Gasteiger partial charge in [0.25, 0.3) is 0 Å². The van der Waals surface area contributed by atoms with E-state index < -0.39 is 0 Å². The molecule has 0 atom stereocenters. The van der Waals surface area contributed by atoms with Crippen LogP contribution in [0.2, 0.25) is 0 Å². The molecule has 5 heteroatoms. The lowest BCUT2D eigenvalue weighted by Gasteiger charge is -2.19. The van der Waals surface area contributed by atoms with Crippen LogP contribution in [0.5, 0.6) is 0 Å². The molecule has 1 N–H and O–H groups in total. The number of rotatable bonds is 7. The summed E-state index contributed by atoms with van der Waals surface area (Å²) < 4.78 is 0. The molecule has 1 aromatic carbocycles. The fraction of sp³-hybridized carbons (Fsp3) is 0.391. The Kier molecular flexibility index (Phi) is 6.68. The molecule has 0 saturated heterocycles. The van der Waals surface area contributed by atoms with E-state index in [1.54, 1.807) is 22.7 Å². The van der Waals surface area contributed by atoms with Crippen molar-refractivity contribution in [3.63, 3.8) is 0 Å². The summed E-state index contributed by atoms with van der Waals surface area (Å²) in [4.78, 5) is 19.2. The number of benzene rings is 1. The van der Waals surface area contributed by atoms with E-state index in [1.165, 1.54) is 20.9 Å². The molecule has 148 valence electrons. The van der Waals surface area contributed by atoms with Crippen molar-refractivity contribution in [3.05, 3.63) is 62.8 Å². The lowest BCUT2D eigenvalue weighted by molar-refractivity contribution is -0.121. The summed E-state index contributed by atoms with van der Waals surface area (Å²) in [5, 5.41) is 6.23. The zero-order valence-corrected chi connectivity index (χ0v) is 18.7. The van der Waals surface area contributed by atoms with Crippen LogP contribution in [0, 0.1) is 6.92 Å². The fourth-order valence-electron chi connectivity index (χ4n) is 2.97. The Hall–Kier alpha value is -1.98. The minimum absolute atomic E-state index is 0.117. The topological polar surface area (TPSA) is 42.0 Å². The van der Waals surface area contributed by atoms with Gasteiger partial charge in [0, 0.05) is 23.2 Å². The lowest BCUT2D eigenvalue weighted by Crippen LogP contribution is -2.25. The van der Waals surface area contributed by atoms with E-state index in [0.717, 1.165) is 23.5 Å². The Morgan fingerprint density at radius 1 is 1.07 bits per heavy atom. The van der Waals surface area contributed by atoms with Crippen LogP contribution in [0.15, 0.2) is 41.8 Å². The number of thiazole rings is 1. The van der Waals surface area contributed by atoms with Gasteiger partial charge in [-0.1, -0.05) is 45.0 Å². The second-order valence-electron chi connectivity index (χ2n) is 8.06. The van der Waals surface area contributed by atoms with Crippen molar-refractivity contribution in [2.24, 2.45) is 0 Å². The molecule has 0 radical (unpaired) electrons. The third-order valence-corrected chi connectivity index (χ3v) is 6.63. The van der Waals surface area contributed by atoms with Crippen molar-refractivity contribution in [2.45, 2.75) is 52.4 Å². The third-order valence-electron chi connectivity index (χ3n) is 4.69. The molecule has 0 aliphatic carbocycles. The number of aromatic nitrogens is 1. The predicted octanol–water partition coefficient (Wildman–Crippen LogP) is 5.77. The summed E-state index contributed by atoms with van der Waals surface area (Å²) in [6.07, 6.45) is 2.17. The van der Waals surface area contributed by atoms with Gasteiger partial charge < -0.3 is 5.32 Å². The molecule has 0 spiro atoms. The number of carbonyl (C=O) groups is 1. The first-order chi connectivity index (χ1) is 13.3. The number of carbonyl (C=O) groups excluding carboxylic acids is 1. The third kappa shape index (κ3) is 5.76. The number of thiophene rings is 1. The summed E-state index contributed by atoms with van der Waals surface area (Å²) >= 11 is 3.43. The number of aryl methyl sites for hydroxylation is 2. The molecule has 2 heterocycles. The minimum Gasteiger partial charge on any atom is -0.356 e. The van der Waals surface area contributed by atoms with Gasteiger partial charge in [0.05, 0.1) is 15.6 Å². The second kappa shape index (κ2) is 9.01. The SMILES string of the molecule is Cc1nc(-c2ccc(CCNC(=O)CCc3ccc(C(C)(C)C)cc3)s2)cs1. The zero-order chi connectivity index (χ0) is 20.1. The van der Waals surface area contributed by atoms with Crippen LogP contribution in [0.4, 0.5) is 0 Å². The molecule has 0 aliphatic rings. The quantitative estimate of drug-likeness (QED) is 0.535. The van der Waals surface area contributed by atoms with Crippen molar-refractivity contribution in [1.29, 1.82) is 0 Å². The summed E-state index contributed by atoms with van der Waals surface area (Å²) in [6.45, 7) is 9.34. The average molecular weight is 413 g/mol. The molecule has 28 heavy (non-hydrogen) atoms. The van der Waals surface area contributed by atoms with Gasteiger partial charge in [-0.25, -0.2) is 4.98 Å². The van der Waals surface area contributed by atoms with Crippen molar-refractivity contribution in [2.75, 3.05) is 6.54 Å². The first-order valence-electron chi connectivity index (χ1n) is 9.68. The summed E-state index contributed by atoms with van der Waals surface area (Å²) in [5.74, 6) is 0.117. The molecule has 2 aromatic heterocycles. The zero-order valence-electron chi connectivity index (χ0n) is 17.0. The van der Waals surface area contributed by atoms with Crippen LogP contribution in [-0.4, -0.2) is 17.4 Å². The Labute approximate surface area is 175 Å². The molecule has 0 unspecified atom stereocenters. The Morgan fingerprint density at radius 2 is 1.82 bits per heavy atom. The van der Waals surface area contributed by atoms with Crippen molar-refractivity contribution < 1.29 is 4.79 Å². The Bertz CT molecular complexity index is 917. The van der Waals surface area contributed by atoms with Crippen LogP contribution in [-0.2, 0) is 23.1 Å². The van der Waals surface area contributed by atoms with Gasteiger partial charge in [-0.2, -0.15) is 0 Å². The normalized spacial score (nSPS) is 11.6. The molecule has 1 amide bonds. The molecule has 3 aromatic rings. The fourth-order valence-corrected chi connectivity index (χ4v) is 4.62. The highest BCUT2D eigenvalue weighted by atomic mass is 32.1. The van der Waals surface area contributed by atoms with Crippen molar-refractivity contribution in [1.82, 2.24) is 10.3 Å². The highest BCUT2D eigenvalue weighted by Crippen LogP contribution is 2.29. The Morgan fingerprint density at radius 3 is 2.46 bits per heavy atom.